The van der Waals surface area contributed by atoms with Crippen LogP contribution < -0.4 is 20.7 Å². The fraction of sp³-hybridized carbons (Fsp3) is 0.583. The first-order valence-electron chi connectivity index (χ1n) is 17.6. The van der Waals surface area contributed by atoms with Gasteiger partial charge in [-0.05, 0) is 74.1 Å². The fourth-order valence-electron chi connectivity index (χ4n) is 7.31. The summed E-state index contributed by atoms with van der Waals surface area (Å²) in [5.74, 6) is 0.171. The highest BCUT2D eigenvalue weighted by Gasteiger charge is 2.32. The largest absolute Gasteiger partial charge is 0.494 e. The van der Waals surface area contributed by atoms with Gasteiger partial charge in [-0.3, -0.25) is 23.6 Å². The summed E-state index contributed by atoms with van der Waals surface area (Å²) in [4.78, 5) is 61.8. The average molecular weight is 677 g/mol. The molecule has 1 unspecified atom stereocenters. The molecule has 4 amide bonds. The van der Waals surface area contributed by atoms with Crippen LogP contribution in [0.25, 0.3) is 4.96 Å². The van der Waals surface area contributed by atoms with Crippen molar-refractivity contribution in [2.24, 2.45) is 11.8 Å². The molecule has 11 nitrogen and oxygen atoms in total. The van der Waals surface area contributed by atoms with Crippen molar-refractivity contribution >= 4 is 39.9 Å². The molecule has 1 aromatic carbocycles. The first-order valence-corrected chi connectivity index (χ1v) is 18.5. The molecule has 3 N–H and O–H groups in total. The summed E-state index contributed by atoms with van der Waals surface area (Å²) in [5.41, 5.74) is 2.58. The van der Waals surface area contributed by atoms with Crippen molar-refractivity contribution in [1.29, 1.82) is 0 Å². The number of rotatable bonds is 6. The van der Waals surface area contributed by atoms with Gasteiger partial charge in [-0.2, -0.15) is 0 Å². The number of piperidine rings is 1. The van der Waals surface area contributed by atoms with Gasteiger partial charge in [0, 0.05) is 37.4 Å². The molecule has 3 atom stereocenters. The van der Waals surface area contributed by atoms with Gasteiger partial charge in [0.15, 0.2) is 4.96 Å². The zero-order chi connectivity index (χ0) is 33.5. The second-order valence-corrected chi connectivity index (χ2v) is 14.6. The van der Waals surface area contributed by atoms with Gasteiger partial charge in [-0.25, -0.2) is 4.98 Å². The molecule has 2 aromatic heterocycles. The summed E-state index contributed by atoms with van der Waals surface area (Å²) >= 11 is 1.47. The Morgan fingerprint density at radius 3 is 2.75 bits per heavy atom. The molecule has 2 aliphatic heterocycles. The van der Waals surface area contributed by atoms with Crippen molar-refractivity contribution in [3.63, 3.8) is 0 Å². The zero-order valence-electron chi connectivity index (χ0n) is 27.9. The molecule has 12 heteroatoms. The van der Waals surface area contributed by atoms with E-state index in [0.29, 0.717) is 44.3 Å². The summed E-state index contributed by atoms with van der Waals surface area (Å²) in [5, 5.41) is 10.8. The lowest BCUT2D eigenvalue weighted by atomic mass is 9.85. The molecule has 1 saturated heterocycles. The Morgan fingerprint density at radius 1 is 1.06 bits per heavy atom. The van der Waals surface area contributed by atoms with Crippen molar-refractivity contribution < 1.29 is 23.9 Å². The van der Waals surface area contributed by atoms with E-state index < -0.39 is 23.9 Å². The van der Waals surface area contributed by atoms with Crippen LogP contribution in [0.3, 0.4) is 0 Å². The highest BCUT2D eigenvalue weighted by Crippen LogP contribution is 2.28. The molecule has 258 valence electrons. The van der Waals surface area contributed by atoms with Gasteiger partial charge < -0.3 is 25.6 Å². The number of hydrogen-bond donors (Lipinski definition) is 3. The van der Waals surface area contributed by atoms with E-state index in [-0.39, 0.29) is 30.6 Å². The summed E-state index contributed by atoms with van der Waals surface area (Å²) in [6.07, 6.45) is 13.3. The third-order valence-corrected chi connectivity index (χ3v) is 10.9. The maximum absolute atomic E-state index is 14.0. The summed E-state index contributed by atoms with van der Waals surface area (Å²) in [7, 11) is 0. The number of hydrogen-bond acceptors (Lipinski definition) is 7. The Labute approximate surface area is 286 Å². The number of nitrogens with zero attached hydrogens (tertiary/aromatic N) is 3. The first kappa shape index (κ1) is 34.0. The molecule has 6 rings (SSSR count). The minimum Gasteiger partial charge on any atom is -0.494 e. The average Bonchev–Trinajstić information content (AvgIpc) is 3.68. The van der Waals surface area contributed by atoms with Gasteiger partial charge in [-0.15, -0.1) is 11.3 Å². The van der Waals surface area contributed by atoms with E-state index in [0.717, 1.165) is 60.4 Å². The number of carbonyl (C=O) groups excluding carboxylic acids is 4. The Hall–Kier alpha value is -3.93. The van der Waals surface area contributed by atoms with Crippen molar-refractivity contribution in [3.05, 3.63) is 52.8 Å². The van der Waals surface area contributed by atoms with Gasteiger partial charge in [0.2, 0.25) is 23.6 Å². The number of aromatic nitrogens is 2. The van der Waals surface area contributed by atoms with Gasteiger partial charge in [0.05, 0.1) is 25.1 Å². The van der Waals surface area contributed by atoms with E-state index in [2.05, 4.69) is 20.9 Å². The maximum atomic E-state index is 14.0. The predicted octanol–water partition coefficient (Wildman–Crippen LogP) is 4.30. The number of carbonyl (C=O) groups is 4. The quantitative estimate of drug-likeness (QED) is 0.357. The lowest BCUT2D eigenvalue weighted by Crippen LogP contribution is -2.55. The zero-order valence-corrected chi connectivity index (χ0v) is 28.7. The van der Waals surface area contributed by atoms with Crippen LogP contribution in [0.5, 0.6) is 5.75 Å². The third-order valence-electron chi connectivity index (χ3n) is 10.2. The van der Waals surface area contributed by atoms with Crippen molar-refractivity contribution in [2.45, 2.75) is 103 Å². The molecule has 1 aliphatic carbocycles. The minimum absolute atomic E-state index is 0.0256. The molecule has 4 heterocycles. The van der Waals surface area contributed by atoms with Crippen LogP contribution in [0.1, 0.15) is 87.4 Å². The second kappa shape index (κ2) is 16.0. The molecule has 4 bridgehead atoms. The normalized spacial score (nSPS) is 23.5. The van der Waals surface area contributed by atoms with Crippen LogP contribution in [0, 0.1) is 18.8 Å². The molecule has 0 spiro atoms. The number of aryl methyl sites for hydroxylation is 1. The topological polar surface area (TPSA) is 134 Å². The predicted molar refractivity (Wildman–Crippen MR) is 184 cm³/mol. The molecular weight excluding hydrogens is 628 g/mol. The molecule has 3 aliphatic rings. The highest BCUT2D eigenvalue weighted by molar-refractivity contribution is 7.15. The summed E-state index contributed by atoms with van der Waals surface area (Å²) in [6, 6.07) is 4.00. The van der Waals surface area contributed by atoms with Crippen LogP contribution in [0.2, 0.25) is 0 Å². The maximum Gasteiger partial charge on any atom is 0.243 e. The second-order valence-electron chi connectivity index (χ2n) is 13.8. The molecular formula is C36H48N6O5S. The van der Waals surface area contributed by atoms with Crippen LogP contribution >= 0.6 is 11.3 Å². The number of nitrogens with one attached hydrogen (secondary N) is 3. The molecule has 1 saturated carbocycles. The van der Waals surface area contributed by atoms with E-state index in [1.54, 1.807) is 6.20 Å². The number of ether oxygens (including phenoxy) is 1. The van der Waals surface area contributed by atoms with Gasteiger partial charge in [0.25, 0.3) is 0 Å². The monoisotopic (exact) mass is 676 g/mol. The van der Waals surface area contributed by atoms with Crippen LogP contribution in [-0.4, -0.2) is 69.7 Å². The van der Waals surface area contributed by atoms with Crippen LogP contribution in [0.15, 0.2) is 36.0 Å². The fourth-order valence-corrected chi connectivity index (χ4v) is 8.03. The smallest absolute Gasteiger partial charge is 0.243 e. The van der Waals surface area contributed by atoms with Crippen molar-refractivity contribution in [2.75, 3.05) is 19.7 Å². The van der Waals surface area contributed by atoms with Crippen LogP contribution in [-0.2, 0) is 32.1 Å². The lowest BCUT2D eigenvalue weighted by molar-refractivity contribution is -0.138. The number of fused-ring (bicyclic) bond motifs is 5. The molecule has 3 aromatic rings. The van der Waals surface area contributed by atoms with Gasteiger partial charge >= 0.3 is 0 Å². The number of benzene rings is 1. The van der Waals surface area contributed by atoms with E-state index >= 15 is 0 Å². The highest BCUT2D eigenvalue weighted by atomic mass is 32.1. The number of imidazole rings is 1. The molecule has 2 fully saturated rings. The first-order chi connectivity index (χ1) is 23.3. The van der Waals surface area contributed by atoms with E-state index in [4.69, 9.17) is 4.74 Å². The van der Waals surface area contributed by atoms with E-state index in [1.807, 2.05) is 46.0 Å². The van der Waals surface area contributed by atoms with Crippen molar-refractivity contribution in [1.82, 2.24) is 30.2 Å². The Kier molecular flexibility index (Phi) is 11.3. The van der Waals surface area contributed by atoms with Gasteiger partial charge in [0.1, 0.15) is 17.8 Å². The van der Waals surface area contributed by atoms with E-state index in [1.165, 1.54) is 30.6 Å². The lowest BCUT2D eigenvalue weighted by Gasteiger charge is -2.34. The number of amides is 4. The standard InChI is InChI=1S/C36H48N6O5S/c1-24-9-11-29-18-27(24)21-37-34(45)30(12-10-25-6-3-2-4-7-25)40-35(46)31(20-33(44)41-14-5-8-26(22-41)13-16-47-29)39-32(43)19-28-23-42-15-17-48-36(42)38-28/h9,11,15,17-18,23,25-26,30-31H,2-8,10,12-14,16,19-22H2,1H3,(H,37,45)(H,39,43)(H,40,46)/t26?,30-,31-/m0/s1. The summed E-state index contributed by atoms with van der Waals surface area (Å²) < 4.78 is 7.98. The Morgan fingerprint density at radius 2 is 1.92 bits per heavy atom. The van der Waals surface area contributed by atoms with Crippen LogP contribution in [0.4, 0.5) is 0 Å². The van der Waals surface area contributed by atoms with Gasteiger partial charge in [-0.1, -0.05) is 38.2 Å². The Balaban J connectivity index is 1.23. The number of thiazole rings is 1. The minimum atomic E-state index is -1.12. The Bertz CT molecular complexity index is 1570. The molecule has 0 radical (unpaired) electrons. The van der Waals surface area contributed by atoms with Crippen molar-refractivity contribution in [3.8, 4) is 5.75 Å². The van der Waals surface area contributed by atoms with E-state index in [9.17, 15) is 19.2 Å². The SMILES string of the molecule is Cc1ccc2cc1CNC(=O)[C@H](CCC1CCCCC1)NC(=O)[C@@H](NC(=O)Cc1cn3ccsc3n1)CC(=O)N1CCCC(CCO2)C1. The summed E-state index contributed by atoms with van der Waals surface area (Å²) in [6.45, 7) is 4.03. The third kappa shape index (κ3) is 8.94. The molecule has 48 heavy (non-hydrogen) atoms.